The molecule has 2 N–H and O–H groups in total. The Morgan fingerprint density at radius 2 is 1.88 bits per heavy atom. The number of aromatic nitrogens is 1. The average molecular weight is 363 g/mol. The molecule has 3 nitrogen and oxygen atoms in total. The lowest BCUT2D eigenvalue weighted by Gasteiger charge is -2.08. The molecule has 2 aromatic carbocycles. The molecule has 0 saturated heterocycles. The van der Waals surface area contributed by atoms with Crippen LogP contribution in [-0.2, 0) is 13.1 Å². The molecular formula is C19H20Cl2N2O. The fourth-order valence-electron chi connectivity index (χ4n) is 2.86. The standard InChI is InChI=1S/C19H20Cl2N2O/c20-16-7-6-14(18(21)10-16)12-23-13-15(11-22-8-3-9-24)17-4-1-2-5-19(17)23/h1-2,4-7,10,13,22,24H,3,8-9,11-12H2. The van der Waals surface area contributed by atoms with Gasteiger partial charge in [-0.2, -0.15) is 0 Å². The molecule has 0 aliphatic rings. The molecule has 0 bridgehead atoms. The first-order chi connectivity index (χ1) is 11.7. The molecule has 3 aromatic rings. The highest BCUT2D eigenvalue weighted by atomic mass is 35.5. The Balaban J connectivity index is 1.87. The quantitative estimate of drug-likeness (QED) is 0.608. The Morgan fingerprint density at radius 3 is 2.67 bits per heavy atom. The molecule has 0 amide bonds. The summed E-state index contributed by atoms with van der Waals surface area (Å²) in [6, 6.07) is 14.0. The van der Waals surface area contributed by atoms with Crippen LogP contribution in [0.2, 0.25) is 10.0 Å². The van der Waals surface area contributed by atoms with E-state index in [0.717, 1.165) is 25.1 Å². The lowest BCUT2D eigenvalue weighted by molar-refractivity contribution is 0.286. The largest absolute Gasteiger partial charge is 0.396 e. The summed E-state index contributed by atoms with van der Waals surface area (Å²) in [5.74, 6) is 0. The summed E-state index contributed by atoms with van der Waals surface area (Å²) in [5, 5.41) is 14.8. The third-order valence-corrected chi connectivity index (χ3v) is 4.64. The summed E-state index contributed by atoms with van der Waals surface area (Å²) in [6.07, 6.45) is 2.93. The molecule has 1 aromatic heterocycles. The van der Waals surface area contributed by atoms with E-state index in [1.54, 1.807) is 6.07 Å². The van der Waals surface area contributed by atoms with E-state index in [-0.39, 0.29) is 6.61 Å². The van der Waals surface area contributed by atoms with Gasteiger partial charge >= 0.3 is 0 Å². The molecule has 5 heteroatoms. The predicted molar refractivity (Wildman–Crippen MR) is 101 cm³/mol. The third kappa shape index (κ3) is 3.93. The Kier molecular flexibility index (Phi) is 5.80. The number of aliphatic hydroxyl groups excluding tert-OH is 1. The van der Waals surface area contributed by atoms with Gasteiger partial charge in [0.2, 0.25) is 0 Å². The second-order valence-corrected chi connectivity index (χ2v) is 6.63. The molecule has 24 heavy (non-hydrogen) atoms. The van der Waals surface area contributed by atoms with E-state index in [2.05, 4.69) is 34.3 Å². The van der Waals surface area contributed by atoms with Crippen LogP contribution >= 0.6 is 23.2 Å². The number of halogens is 2. The number of benzene rings is 2. The SMILES string of the molecule is OCCCNCc1cn(Cc2ccc(Cl)cc2Cl)c2ccccc12. The molecule has 0 spiro atoms. The molecule has 126 valence electrons. The van der Waals surface area contributed by atoms with E-state index in [1.165, 1.54) is 16.5 Å². The Bertz CT molecular complexity index is 829. The number of hydrogen-bond acceptors (Lipinski definition) is 2. The molecule has 0 fully saturated rings. The van der Waals surface area contributed by atoms with Crippen molar-refractivity contribution in [1.82, 2.24) is 9.88 Å². The zero-order valence-corrected chi connectivity index (χ0v) is 14.8. The minimum atomic E-state index is 0.212. The van der Waals surface area contributed by atoms with Crippen molar-refractivity contribution in [2.75, 3.05) is 13.2 Å². The average Bonchev–Trinajstić information content (AvgIpc) is 2.92. The number of nitrogens with zero attached hydrogens (tertiary/aromatic N) is 1. The summed E-state index contributed by atoms with van der Waals surface area (Å²) in [7, 11) is 0. The highest BCUT2D eigenvalue weighted by Gasteiger charge is 2.10. The minimum absolute atomic E-state index is 0.212. The maximum Gasteiger partial charge on any atom is 0.0491 e. The van der Waals surface area contributed by atoms with Crippen LogP contribution in [0.15, 0.2) is 48.7 Å². The summed E-state index contributed by atoms with van der Waals surface area (Å²) >= 11 is 12.3. The molecule has 0 saturated carbocycles. The summed E-state index contributed by atoms with van der Waals surface area (Å²) in [4.78, 5) is 0. The predicted octanol–water partition coefficient (Wildman–Crippen LogP) is 4.47. The van der Waals surface area contributed by atoms with E-state index in [1.807, 2.05) is 18.2 Å². The second-order valence-electron chi connectivity index (χ2n) is 5.79. The van der Waals surface area contributed by atoms with E-state index >= 15 is 0 Å². The van der Waals surface area contributed by atoms with Crippen molar-refractivity contribution in [3.05, 3.63) is 69.8 Å². The lowest BCUT2D eigenvalue weighted by atomic mass is 10.2. The zero-order chi connectivity index (χ0) is 16.9. The van der Waals surface area contributed by atoms with E-state index in [4.69, 9.17) is 28.3 Å². The molecule has 0 aliphatic carbocycles. The van der Waals surface area contributed by atoms with Crippen molar-refractivity contribution < 1.29 is 5.11 Å². The highest BCUT2D eigenvalue weighted by molar-refractivity contribution is 6.35. The number of nitrogens with one attached hydrogen (secondary N) is 1. The summed E-state index contributed by atoms with van der Waals surface area (Å²) in [5.41, 5.74) is 3.47. The Morgan fingerprint density at radius 1 is 1.04 bits per heavy atom. The van der Waals surface area contributed by atoms with Gasteiger partial charge in [-0.15, -0.1) is 0 Å². The third-order valence-electron chi connectivity index (χ3n) is 4.05. The van der Waals surface area contributed by atoms with Gasteiger partial charge in [0.25, 0.3) is 0 Å². The molecule has 0 radical (unpaired) electrons. The fourth-order valence-corrected chi connectivity index (χ4v) is 3.32. The van der Waals surface area contributed by atoms with Crippen LogP contribution in [-0.4, -0.2) is 22.8 Å². The molecule has 1 heterocycles. The molecular weight excluding hydrogens is 343 g/mol. The van der Waals surface area contributed by atoms with Gasteiger partial charge in [0.05, 0.1) is 0 Å². The number of hydrogen-bond donors (Lipinski definition) is 2. The molecule has 0 atom stereocenters. The minimum Gasteiger partial charge on any atom is -0.396 e. The summed E-state index contributed by atoms with van der Waals surface area (Å²) < 4.78 is 2.22. The van der Waals surface area contributed by atoms with Crippen LogP contribution in [0.5, 0.6) is 0 Å². The van der Waals surface area contributed by atoms with Crippen LogP contribution in [0.1, 0.15) is 17.5 Å². The number of aliphatic hydroxyl groups is 1. The first-order valence-electron chi connectivity index (χ1n) is 8.01. The van der Waals surface area contributed by atoms with Gasteiger partial charge < -0.3 is 15.0 Å². The highest BCUT2D eigenvalue weighted by Crippen LogP contribution is 2.26. The Hall–Kier alpha value is -1.52. The van der Waals surface area contributed by atoms with E-state index < -0.39 is 0 Å². The first kappa shape index (κ1) is 17.3. The van der Waals surface area contributed by atoms with Gasteiger partial charge in [0, 0.05) is 46.8 Å². The van der Waals surface area contributed by atoms with Crippen LogP contribution in [0.4, 0.5) is 0 Å². The maximum absolute atomic E-state index is 8.88. The van der Waals surface area contributed by atoms with Gasteiger partial charge in [-0.1, -0.05) is 47.5 Å². The first-order valence-corrected chi connectivity index (χ1v) is 8.77. The van der Waals surface area contributed by atoms with Crippen LogP contribution in [0, 0.1) is 0 Å². The van der Waals surface area contributed by atoms with Crippen molar-refractivity contribution in [2.24, 2.45) is 0 Å². The van der Waals surface area contributed by atoms with Gasteiger partial charge in [0.1, 0.15) is 0 Å². The van der Waals surface area contributed by atoms with Gasteiger partial charge in [-0.25, -0.2) is 0 Å². The lowest BCUT2D eigenvalue weighted by Crippen LogP contribution is -2.15. The Labute approximate surface area is 151 Å². The number of fused-ring (bicyclic) bond motifs is 1. The van der Waals surface area contributed by atoms with Crippen LogP contribution in [0.25, 0.3) is 10.9 Å². The van der Waals surface area contributed by atoms with Crippen molar-refractivity contribution in [3.63, 3.8) is 0 Å². The van der Waals surface area contributed by atoms with Gasteiger partial charge in [-0.05, 0) is 42.3 Å². The maximum atomic E-state index is 8.88. The second kappa shape index (κ2) is 8.04. The van der Waals surface area contributed by atoms with Gasteiger partial charge in [-0.3, -0.25) is 0 Å². The molecule has 3 rings (SSSR count). The van der Waals surface area contributed by atoms with E-state index in [9.17, 15) is 0 Å². The van der Waals surface area contributed by atoms with E-state index in [0.29, 0.717) is 16.6 Å². The fraction of sp³-hybridized carbons (Fsp3) is 0.263. The monoisotopic (exact) mass is 362 g/mol. The topological polar surface area (TPSA) is 37.2 Å². The molecule has 0 unspecified atom stereocenters. The summed E-state index contributed by atoms with van der Waals surface area (Å²) in [6.45, 7) is 2.50. The smallest absolute Gasteiger partial charge is 0.0491 e. The van der Waals surface area contributed by atoms with Crippen LogP contribution in [0.3, 0.4) is 0 Å². The van der Waals surface area contributed by atoms with Crippen molar-refractivity contribution >= 4 is 34.1 Å². The molecule has 0 aliphatic heterocycles. The van der Waals surface area contributed by atoms with Crippen molar-refractivity contribution in [1.29, 1.82) is 0 Å². The zero-order valence-electron chi connectivity index (χ0n) is 13.3. The van der Waals surface area contributed by atoms with Gasteiger partial charge in [0.15, 0.2) is 0 Å². The number of rotatable bonds is 7. The van der Waals surface area contributed by atoms with Crippen LogP contribution < -0.4 is 5.32 Å². The number of para-hydroxylation sites is 1. The van der Waals surface area contributed by atoms with Crippen molar-refractivity contribution in [3.8, 4) is 0 Å². The normalized spacial score (nSPS) is 11.3. The van der Waals surface area contributed by atoms with Crippen molar-refractivity contribution in [2.45, 2.75) is 19.5 Å².